The first kappa shape index (κ1) is 15.1. The zero-order chi connectivity index (χ0) is 15.2. The minimum atomic E-state index is -0.211. The monoisotopic (exact) mass is 286 g/mol. The summed E-state index contributed by atoms with van der Waals surface area (Å²) in [5.74, 6) is 5.21. The smallest absolute Gasteiger partial charge is 0.251 e. The number of carbonyl (C=O) groups is 2. The Morgan fingerprint density at radius 3 is 2.95 bits per heavy atom. The van der Waals surface area contributed by atoms with E-state index in [1.807, 2.05) is 13.0 Å². The van der Waals surface area contributed by atoms with Gasteiger partial charge >= 0.3 is 0 Å². The van der Waals surface area contributed by atoms with Crippen molar-refractivity contribution in [2.75, 3.05) is 13.2 Å². The number of carbonyl (C=O) groups excluding carboxylic acids is 2. The van der Waals surface area contributed by atoms with Crippen molar-refractivity contribution >= 4 is 11.8 Å². The summed E-state index contributed by atoms with van der Waals surface area (Å²) in [5.41, 5.74) is 2.16. The van der Waals surface area contributed by atoms with E-state index in [-0.39, 0.29) is 24.5 Å². The molecule has 0 aliphatic carbocycles. The summed E-state index contributed by atoms with van der Waals surface area (Å²) >= 11 is 0. The highest BCUT2D eigenvalue weighted by Gasteiger charge is 2.21. The second-order valence-electron chi connectivity index (χ2n) is 5.06. The Labute approximate surface area is 123 Å². The first-order valence-electron chi connectivity index (χ1n) is 6.87. The highest BCUT2D eigenvalue weighted by Crippen LogP contribution is 2.10. The van der Waals surface area contributed by atoms with Gasteiger partial charge in [-0.3, -0.25) is 9.59 Å². The van der Waals surface area contributed by atoms with E-state index < -0.39 is 0 Å². The van der Waals surface area contributed by atoms with E-state index in [4.69, 9.17) is 5.11 Å². The molecule has 5 heteroatoms. The van der Waals surface area contributed by atoms with Gasteiger partial charge < -0.3 is 15.7 Å². The number of aliphatic hydroxyl groups excluding tert-OH is 1. The Hall–Kier alpha value is -2.32. The van der Waals surface area contributed by atoms with Crippen molar-refractivity contribution in [1.82, 2.24) is 10.6 Å². The highest BCUT2D eigenvalue weighted by molar-refractivity contribution is 5.94. The van der Waals surface area contributed by atoms with Crippen molar-refractivity contribution in [3.05, 3.63) is 34.9 Å². The zero-order valence-corrected chi connectivity index (χ0v) is 11.9. The van der Waals surface area contributed by atoms with Crippen LogP contribution in [-0.4, -0.2) is 36.1 Å². The number of nitrogens with one attached hydrogen (secondary N) is 2. The minimum Gasteiger partial charge on any atom is -0.384 e. The van der Waals surface area contributed by atoms with Crippen LogP contribution in [0.4, 0.5) is 0 Å². The summed E-state index contributed by atoms with van der Waals surface area (Å²) in [5, 5.41) is 14.3. The normalized spacial score (nSPS) is 16.9. The molecule has 0 radical (unpaired) electrons. The van der Waals surface area contributed by atoms with Crippen LogP contribution in [0.2, 0.25) is 0 Å². The highest BCUT2D eigenvalue weighted by atomic mass is 16.2. The van der Waals surface area contributed by atoms with Crippen molar-refractivity contribution in [3.8, 4) is 11.8 Å². The third-order valence-electron chi connectivity index (χ3n) is 3.25. The van der Waals surface area contributed by atoms with Gasteiger partial charge in [0.05, 0.1) is 0 Å². The van der Waals surface area contributed by atoms with Gasteiger partial charge in [-0.15, -0.1) is 0 Å². The molecule has 5 nitrogen and oxygen atoms in total. The van der Waals surface area contributed by atoms with Crippen LogP contribution in [0.25, 0.3) is 0 Å². The predicted molar refractivity (Wildman–Crippen MR) is 78.6 cm³/mol. The summed E-state index contributed by atoms with van der Waals surface area (Å²) in [6.07, 6.45) is 1.27. The molecule has 0 saturated carbocycles. The van der Waals surface area contributed by atoms with Gasteiger partial charge in [0.1, 0.15) is 6.61 Å². The minimum absolute atomic E-state index is 0.0138. The molecule has 1 heterocycles. The fraction of sp³-hybridized carbons (Fsp3) is 0.375. The molecule has 1 aliphatic heterocycles. The molecule has 1 aromatic rings. The van der Waals surface area contributed by atoms with E-state index in [0.717, 1.165) is 12.0 Å². The molecule has 0 spiro atoms. The Morgan fingerprint density at radius 1 is 1.48 bits per heavy atom. The Morgan fingerprint density at radius 2 is 2.29 bits per heavy atom. The Balaban J connectivity index is 2.01. The maximum absolute atomic E-state index is 12.1. The van der Waals surface area contributed by atoms with Gasteiger partial charge in [0.25, 0.3) is 5.91 Å². The van der Waals surface area contributed by atoms with Crippen LogP contribution in [-0.2, 0) is 4.79 Å². The first-order valence-corrected chi connectivity index (χ1v) is 6.87. The lowest BCUT2D eigenvalue weighted by Gasteiger charge is -2.11. The molecule has 1 saturated heterocycles. The van der Waals surface area contributed by atoms with Gasteiger partial charge in [0.15, 0.2) is 0 Å². The predicted octanol–water partition coefficient (Wildman–Crippen LogP) is 0.347. The topological polar surface area (TPSA) is 78.4 Å². The van der Waals surface area contributed by atoms with E-state index >= 15 is 0 Å². The fourth-order valence-corrected chi connectivity index (χ4v) is 2.28. The maximum Gasteiger partial charge on any atom is 0.251 e. The second kappa shape index (κ2) is 6.91. The standard InChI is InChI=1S/C16H18N2O3/c1-11-7-12(3-2-6-19)9-13(8-11)16(21)17-10-14-4-5-15(20)18-14/h7-9,14,19H,4-6,10H2,1H3,(H,17,21)(H,18,20). The van der Waals surface area contributed by atoms with Gasteiger partial charge in [-0.25, -0.2) is 0 Å². The average Bonchev–Trinajstić information content (AvgIpc) is 2.87. The van der Waals surface area contributed by atoms with E-state index in [2.05, 4.69) is 22.5 Å². The molecule has 1 unspecified atom stereocenters. The molecule has 2 rings (SSSR count). The SMILES string of the molecule is Cc1cc(C#CCO)cc(C(=O)NCC2CCC(=O)N2)c1. The Bertz CT molecular complexity index is 614. The summed E-state index contributed by atoms with van der Waals surface area (Å²) in [7, 11) is 0. The van der Waals surface area contributed by atoms with Crippen LogP contribution in [0.3, 0.4) is 0 Å². The van der Waals surface area contributed by atoms with Crippen molar-refractivity contribution in [2.24, 2.45) is 0 Å². The van der Waals surface area contributed by atoms with Crippen molar-refractivity contribution < 1.29 is 14.7 Å². The zero-order valence-electron chi connectivity index (χ0n) is 11.9. The average molecular weight is 286 g/mol. The van der Waals surface area contributed by atoms with Gasteiger partial charge in [-0.05, 0) is 37.1 Å². The third kappa shape index (κ3) is 4.33. The van der Waals surface area contributed by atoms with E-state index in [9.17, 15) is 9.59 Å². The van der Waals surface area contributed by atoms with Gasteiger partial charge in [0.2, 0.25) is 5.91 Å². The number of hydrogen-bond donors (Lipinski definition) is 3. The Kier molecular flexibility index (Phi) is 4.96. The number of benzene rings is 1. The number of rotatable bonds is 3. The number of aliphatic hydroxyl groups is 1. The molecule has 0 aromatic heterocycles. The lowest BCUT2D eigenvalue weighted by molar-refractivity contribution is -0.119. The summed E-state index contributed by atoms with van der Waals surface area (Å²) in [4.78, 5) is 23.2. The van der Waals surface area contributed by atoms with Crippen molar-refractivity contribution in [2.45, 2.75) is 25.8 Å². The number of aryl methyl sites for hydroxylation is 1. The molecule has 0 bridgehead atoms. The van der Waals surface area contributed by atoms with Crippen LogP contribution in [0.1, 0.15) is 34.3 Å². The molecule has 21 heavy (non-hydrogen) atoms. The molecule has 1 aliphatic rings. The molecule has 1 fully saturated rings. The summed E-state index contributed by atoms with van der Waals surface area (Å²) < 4.78 is 0. The quantitative estimate of drug-likeness (QED) is 0.702. The van der Waals surface area contributed by atoms with Crippen LogP contribution >= 0.6 is 0 Å². The first-order chi connectivity index (χ1) is 10.1. The molecule has 1 aromatic carbocycles. The van der Waals surface area contributed by atoms with Crippen LogP contribution in [0.15, 0.2) is 18.2 Å². The molecule has 3 N–H and O–H groups in total. The maximum atomic E-state index is 12.1. The molecule has 110 valence electrons. The number of hydrogen-bond acceptors (Lipinski definition) is 3. The van der Waals surface area contributed by atoms with E-state index in [1.165, 1.54) is 0 Å². The van der Waals surface area contributed by atoms with Crippen molar-refractivity contribution in [3.63, 3.8) is 0 Å². The largest absolute Gasteiger partial charge is 0.384 e. The molecule has 2 amide bonds. The lowest BCUT2D eigenvalue weighted by atomic mass is 10.1. The summed E-state index contributed by atoms with van der Waals surface area (Å²) in [6.45, 7) is 2.10. The van der Waals surface area contributed by atoms with Crippen LogP contribution < -0.4 is 10.6 Å². The second-order valence-corrected chi connectivity index (χ2v) is 5.06. The van der Waals surface area contributed by atoms with Crippen LogP contribution in [0, 0.1) is 18.8 Å². The third-order valence-corrected chi connectivity index (χ3v) is 3.25. The lowest BCUT2D eigenvalue weighted by Crippen LogP contribution is -2.38. The van der Waals surface area contributed by atoms with Crippen molar-refractivity contribution in [1.29, 1.82) is 0 Å². The molecule has 1 atom stereocenters. The fourth-order valence-electron chi connectivity index (χ4n) is 2.28. The van der Waals surface area contributed by atoms with Crippen LogP contribution in [0.5, 0.6) is 0 Å². The van der Waals surface area contributed by atoms with Gasteiger partial charge in [0, 0.05) is 30.1 Å². The van der Waals surface area contributed by atoms with E-state index in [1.54, 1.807) is 12.1 Å². The van der Waals surface area contributed by atoms with Gasteiger partial charge in [-0.2, -0.15) is 0 Å². The van der Waals surface area contributed by atoms with E-state index in [0.29, 0.717) is 24.1 Å². The van der Waals surface area contributed by atoms with Gasteiger partial charge in [-0.1, -0.05) is 11.8 Å². The number of amides is 2. The molecular formula is C16H18N2O3. The summed E-state index contributed by atoms with van der Waals surface area (Å²) in [6, 6.07) is 5.35. The molecular weight excluding hydrogens is 268 g/mol.